The summed E-state index contributed by atoms with van der Waals surface area (Å²) in [4.78, 5) is 43.3. The molecule has 0 aromatic heterocycles. The number of likely N-dealkylation sites (tertiary alicyclic amines) is 1. The summed E-state index contributed by atoms with van der Waals surface area (Å²) in [5.41, 5.74) is 5.35. The lowest BCUT2D eigenvalue weighted by Crippen LogP contribution is -2.65. The van der Waals surface area contributed by atoms with E-state index in [9.17, 15) is 34.8 Å². The van der Waals surface area contributed by atoms with Crippen LogP contribution < -0.4 is 5.73 Å². The van der Waals surface area contributed by atoms with E-state index in [0.29, 0.717) is 5.56 Å². The van der Waals surface area contributed by atoms with Crippen LogP contribution in [0.4, 0.5) is 0 Å². The summed E-state index contributed by atoms with van der Waals surface area (Å²) in [6.45, 7) is 3.06. The van der Waals surface area contributed by atoms with Crippen molar-refractivity contribution in [3.63, 3.8) is 0 Å². The van der Waals surface area contributed by atoms with Gasteiger partial charge < -0.3 is 26.2 Å². The molecule has 0 radical (unpaired) electrons. The quantitative estimate of drug-likeness (QED) is 0.337. The molecule has 1 aliphatic heterocycles. The zero-order valence-corrected chi connectivity index (χ0v) is 23.6. The minimum Gasteiger partial charge on any atom is -0.508 e. The lowest BCUT2D eigenvalue weighted by Gasteiger charge is -2.50. The van der Waals surface area contributed by atoms with Crippen molar-refractivity contribution in [1.82, 2.24) is 9.80 Å². The average molecular weight is 574 g/mol. The van der Waals surface area contributed by atoms with Crippen LogP contribution in [0.5, 0.6) is 5.75 Å². The van der Waals surface area contributed by atoms with Crippen molar-refractivity contribution in [2.45, 2.75) is 43.9 Å². The number of likely N-dealkylation sites (N-methyl/N-ethyl adjacent to an activating group) is 1. The van der Waals surface area contributed by atoms with E-state index in [2.05, 4.69) is 17.0 Å². The maximum absolute atomic E-state index is 14.0. The topological polar surface area (TPSA) is 165 Å². The Kier molecular flexibility index (Phi) is 6.75. The van der Waals surface area contributed by atoms with Crippen molar-refractivity contribution >= 4 is 23.2 Å². The van der Waals surface area contributed by atoms with Crippen LogP contribution in [0.15, 0.2) is 53.3 Å². The van der Waals surface area contributed by atoms with Crippen molar-refractivity contribution in [3.8, 4) is 16.9 Å². The summed E-state index contributed by atoms with van der Waals surface area (Å²) in [7, 11) is 3.16. The number of aliphatic hydroxyl groups excluding tert-OH is 2. The van der Waals surface area contributed by atoms with Gasteiger partial charge in [0.05, 0.1) is 11.6 Å². The first-order chi connectivity index (χ1) is 19.9. The van der Waals surface area contributed by atoms with Gasteiger partial charge in [-0.05, 0) is 87.1 Å². The van der Waals surface area contributed by atoms with Crippen LogP contribution in [-0.4, -0.2) is 86.5 Å². The monoisotopic (exact) mass is 573 g/mol. The second-order valence-electron chi connectivity index (χ2n) is 12.1. The van der Waals surface area contributed by atoms with Crippen LogP contribution in [0.2, 0.25) is 0 Å². The lowest BCUT2D eigenvalue weighted by atomic mass is 9.57. The molecule has 2 aromatic carbocycles. The third-order valence-corrected chi connectivity index (χ3v) is 9.47. The van der Waals surface area contributed by atoms with Crippen molar-refractivity contribution in [3.05, 3.63) is 70.0 Å². The van der Waals surface area contributed by atoms with Crippen LogP contribution in [0, 0.1) is 11.8 Å². The molecule has 1 saturated carbocycles. The van der Waals surface area contributed by atoms with E-state index in [4.69, 9.17) is 5.73 Å². The number of aromatic hydroxyl groups is 1. The third-order valence-electron chi connectivity index (χ3n) is 9.47. The standard InChI is InChI=1S/C32H35N3O7/c1-34(2)26-21-14-18-13-20-19(17-7-5-16(6-8-17)15-35-11-3-4-12-35)9-10-22(36)24(20)27(37)23(18)29(39)32(21,42)30(40)25(28(26)38)31(33)41/h5-10,18,21,26,36-37,40,42H,3-4,11-15H2,1-2H3,(H2,33,41)/t18-,21-,26-,32?/m0/s1. The Morgan fingerprint density at radius 1 is 1.05 bits per heavy atom. The lowest BCUT2D eigenvalue weighted by molar-refractivity contribution is -0.153. The third kappa shape index (κ3) is 4.08. The summed E-state index contributed by atoms with van der Waals surface area (Å²) < 4.78 is 0. The highest BCUT2D eigenvalue weighted by molar-refractivity contribution is 6.24. The number of nitrogens with zero attached hydrogens (tertiary/aromatic N) is 2. The molecule has 0 bridgehead atoms. The first-order valence-corrected chi connectivity index (χ1v) is 14.3. The second-order valence-corrected chi connectivity index (χ2v) is 12.1. The Morgan fingerprint density at radius 2 is 1.71 bits per heavy atom. The largest absolute Gasteiger partial charge is 0.508 e. The maximum atomic E-state index is 14.0. The van der Waals surface area contributed by atoms with Gasteiger partial charge in [0.1, 0.15) is 22.8 Å². The molecule has 10 nitrogen and oxygen atoms in total. The molecule has 1 amide bonds. The van der Waals surface area contributed by atoms with Gasteiger partial charge in [0, 0.05) is 18.0 Å². The fourth-order valence-corrected chi connectivity index (χ4v) is 7.50. The van der Waals surface area contributed by atoms with E-state index >= 15 is 0 Å². The van der Waals surface area contributed by atoms with Gasteiger partial charge in [-0.25, -0.2) is 0 Å². The van der Waals surface area contributed by atoms with E-state index in [1.165, 1.54) is 29.4 Å². The average Bonchev–Trinajstić information content (AvgIpc) is 3.44. The molecule has 1 unspecified atom stereocenters. The smallest absolute Gasteiger partial charge is 0.255 e. The molecule has 3 aliphatic carbocycles. The number of aliphatic hydroxyl groups is 3. The minimum atomic E-state index is -2.65. The number of phenols is 1. The van der Waals surface area contributed by atoms with E-state index in [-0.39, 0.29) is 29.7 Å². The van der Waals surface area contributed by atoms with Gasteiger partial charge in [0.2, 0.25) is 5.78 Å². The number of hydrogen-bond donors (Lipinski definition) is 5. The Morgan fingerprint density at radius 3 is 2.33 bits per heavy atom. The first kappa shape index (κ1) is 28.1. The zero-order chi connectivity index (χ0) is 30.1. The number of amides is 1. The Labute approximate surface area is 243 Å². The summed E-state index contributed by atoms with van der Waals surface area (Å²) in [5.74, 6) is -6.59. The molecule has 6 N–H and O–H groups in total. The van der Waals surface area contributed by atoms with Gasteiger partial charge in [-0.15, -0.1) is 0 Å². The SMILES string of the molecule is CN(C)[C@@H]1C(=O)C(C(N)=O)=C(O)C2(O)C(=O)C3=C(O)c4c(O)ccc(-c5ccc(CN6CCCC6)cc5)c4C[C@H]3C[C@@H]12. The fourth-order valence-electron chi connectivity index (χ4n) is 7.50. The van der Waals surface area contributed by atoms with Crippen LogP contribution in [0.1, 0.15) is 36.0 Å². The Hall–Kier alpha value is -3.99. The summed E-state index contributed by atoms with van der Waals surface area (Å²) in [6.07, 6.45) is 2.72. The molecular weight excluding hydrogens is 538 g/mol. The number of nitrogens with two attached hydrogens (primary N) is 1. The number of primary amides is 1. The molecule has 10 heteroatoms. The first-order valence-electron chi connectivity index (χ1n) is 14.3. The van der Waals surface area contributed by atoms with Crippen molar-refractivity contribution in [2.75, 3.05) is 27.2 Å². The second kappa shape index (κ2) is 10.1. The van der Waals surface area contributed by atoms with E-state index in [1.807, 2.05) is 12.1 Å². The molecular formula is C32H35N3O7. The van der Waals surface area contributed by atoms with Gasteiger partial charge in [0.15, 0.2) is 11.4 Å². The van der Waals surface area contributed by atoms with Crippen LogP contribution in [0.3, 0.4) is 0 Å². The molecule has 1 heterocycles. The number of carbonyl (C=O) groups excluding carboxylic acids is 3. The molecule has 42 heavy (non-hydrogen) atoms. The van der Waals surface area contributed by atoms with Crippen molar-refractivity contribution in [1.29, 1.82) is 0 Å². The molecule has 4 atom stereocenters. The molecule has 0 spiro atoms. The van der Waals surface area contributed by atoms with Gasteiger partial charge in [-0.1, -0.05) is 30.3 Å². The summed E-state index contributed by atoms with van der Waals surface area (Å²) in [5, 5.41) is 45.1. The fraction of sp³-hybridized carbons (Fsp3) is 0.406. The van der Waals surface area contributed by atoms with E-state index in [0.717, 1.165) is 30.8 Å². The predicted octanol–water partition coefficient (Wildman–Crippen LogP) is 2.23. The van der Waals surface area contributed by atoms with Crippen molar-refractivity contribution < 1.29 is 34.8 Å². The number of phenolic OH excluding ortho intramolecular Hbond substituents is 1. The molecule has 6 rings (SSSR count). The highest BCUT2D eigenvalue weighted by Gasteiger charge is 2.64. The summed E-state index contributed by atoms with van der Waals surface area (Å²) >= 11 is 0. The molecule has 1 saturated heterocycles. The number of Topliss-reactive ketones (excluding diaryl/α,β-unsaturated/α-hetero) is 2. The number of benzene rings is 2. The summed E-state index contributed by atoms with van der Waals surface area (Å²) in [6, 6.07) is 10.3. The molecule has 4 aliphatic rings. The maximum Gasteiger partial charge on any atom is 0.255 e. The molecule has 220 valence electrons. The minimum absolute atomic E-state index is 0.0512. The Balaban J connectivity index is 1.45. The number of hydrogen-bond acceptors (Lipinski definition) is 9. The van der Waals surface area contributed by atoms with E-state index < -0.39 is 58.0 Å². The number of ketones is 2. The number of rotatable bonds is 5. The predicted molar refractivity (Wildman–Crippen MR) is 154 cm³/mol. The van der Waals surface area contributed by atoms with Crippen LogP contribution >= 0.6 is 0 Å². The van der Waals surface area contributed by atoms with Gasteiger partial charge in [-0.3, -0.25) is 24.2 Å². The zero-order valence-electron chi connectivity index (χ0n) is 23.6. The number of carbonyl (C=O) groups is 3. The van der Waals surface area contributed by atoms with Gasteiger partial charge in [-0.2, -0.15) is 0 Å². The highest BCUT2D eigenvalue weighted by Crippen LogP contribution is 2.53. The van der Waals surface area contributed by atoms with Crippen LogP contribution in [0.25, 0.3) is 16.9 Å². The van der Waals surface area contributed by atoms with Gasteiger partial charge in [0.25, 0.3) is 5.91 Å². The van der Waals surface area contributed by atoms with E-state index in [1.54, 1.807) is 20.2 Å². The number of fused-ring (bicyclic) bond motifs is 3. The molecule has 2 aromatic rings. The van der Waals surface area contributed by atoms with Gasteiger partial charge >= 0.3 is 0 Å². The van der Waals surface area contributed by atoms with Crippen molar-refractivity contribution in [2.24, 2.45) is 17.6 Å². The Bertz CT molecular complexity index is 1570. The normalized spacial score (nSPS) is 27.8. The highest BCUT2D eigenvalue weighted by atomic mass is 16.3. The molecule has 2 fully saturated rings. The van der Waals surface area contributed by atoms with Crippen LogP contribution in [-0.2, 0) is 27.3 Å².